The molecule has 2 amide bonds. The van der Waals surface area contributed by atoms with E-state index in [9.17, 15) is 31.5 Å². The molecule has 0 saturated carbocycles. The fourth-order valence-corrected chi connectivity index (χ4v) is 6.38. The molecule has 2 aromatic heterocycles. The van der Waals surface area contributed by atoms with E-state index in [0.29, 0.717) is 54.7 Å². The molecule has 0 saturated heterocycles. The summed E-state index contributed by atoms with van der Waals surface area (Å²) in [5.41, 5.74) is 1.41. The number of nitrogens with zero attached hydrogens (tertiary/aromatic N) is 5. The van der Waals surface area contributed by atoms with Crippen LogP contribution in [0.5, 0.6) is 0 Å². The molecule has 0 aliphatic heterocycles. The van der Waals surface area contributed by atoms with E-state index in [0.717, 1.165) is 27.3 Å². The number of alkyl halides is 4. The molecule has 5 rings (SSSR count). The van der Waals surface area contributed by atoms with E-state index in [1.54, 1.807) is 41.3 Å². The average molecular weight is 764 g/mol. The van der Waals surface area contributed by atoms with Gasteiger partial charge in [0.05, 0.1) is 11.4 Å². The van der Waals surface area contributed by atoms with E-state index in [-0.39, 0.29) is 41.3 Å². The smallest absolute Gasteiger partial charge is 0.338 e. The Morgan fingerprint density at radius 2 is 1.77 bits per heavy atom. The highest BCUT2D eigenvalue weighted by atomic mass is 127. The average Bonchev–Trinajstić information content (AvgIpc) is 3.41. The minimum absolute atomic E-state index is 0.0458. The van der Waals surface area contributed by atoms with Gasteiger partial charge in [0.25, 0.3) is 11.8 Å². The van der Waals surface area contributed by atoms with Crippen LogP contribution in [0.2, 0.25) is 0 Å². The Balaban J connectivity index is 1.57. The van der Waals surface area contributed by atoms with Crippen LogP contribution in [0.3, 0.4) is 0 Å². The van der Waals surface area contributed by atoms with Gasteiger partial charge in [-0.15, -0.1) is 0 Å². The highest BCUT2D eigenvalue weighted by Crippen LogP contribution is 2.36. The second-order valence-corrected chi connectivity index (χ2v) is 12.2. The zero-order chi connectivity index (χ0) is 33.7. The standard InChI is InChI=1S/C34H31F5IN5O2/c1-2-44(14-12-40)33(47)23-8-5-7-22(18-23)26-10-6-13-41-31(26)28(17-21-15-24(35)19-25(36)16-21)42-30(46)20-45-29-11-4-3-9-27(29)32(43-45)34(37,38)39/h5-8,10,13,15-16,18-19H,2-4,9,11-12,14,17,20H2,1H3. The molecule has 1 aliphatic rings. The first kappa shape index (κ1) is 34.3. The summed E-state index contributed by atoms with van der Waals surface area (Å²) in [5.74, 6) is -2.61. The number of benzene rings is 2. The van der Waals surface area contributed by atoms with Crippen molar-refractivity contribution in [2.45, 2.75) is 51.7 Å². The molecular formula is C34H31F5IN5O2. The molecule has 0 spiro atoms. The summed E-state index contributed by atoms with van der Waals surface area (Å²) in [6.07, 6.45) is -1.60. The zero-order valence-corrected chi connectivity index (χ0v) is 27.6. The van der Waals surface area contributed by atoms with E-state index in [4.69, 9.17) is 0 Å². The van der Waals surface area contributed by atoms with Crippen molar-refractivity contribution in [3.63, 3.8) is 0 Å². The lowest BCUT2D eigenvalue weighted by molar-refractivity contribution is -0.142. The summed E-state index contributed by atoms with van der Waals surface area (Å²) in [6.45, 7) is 2.43. The molecule has 1 aliphatic carbocycles. The van der Waals surface area contributed by atoms with Crippen LogP contribution in [0.25, 0.3) is 11.1 Å². The summed E-state index contributed by atoms with van der Waals surface area (Å²) >= 11 is 2.20. The van der Waals surface area contributed by atoms with E-state index >= 15 is 0 Å². The fourth-order valence-electron chi connectivity index (χ4n) is 5.80. The number of aromatic nitrogens is 3. The largest absolute Gasteiger partial charge is 0.435 e. The minimum atomic E-state index is -4.67. The molecule has 0 fully saturated rings. The number of pyridine rings is 1. The molecule has 0 radical (unpaired) electrons. The number of carbonyl (C=O) groups excluding carboxylic acids is 2. The van der Waals surface area contributed by atoms with Crippen molar-refractivity contribution >= 4 is 40.1 Å². The number of amides is 2. The lowest BCUT2D eigenvalue weighted by atomic mass is 9.95. The maximum atomic E-state index is 14.2. The Morgan fingerprint density at radius 3 is 2.47 bits per heavy atom. The lowest BCUT2D eigenvalue weighted by Crippen LogP contribution is -2.32. The van der Waals surface area contributed by atoms with Gasteiger partial charge in [-0.25, -0.2) is 13.8 Å². The Hall–Kier alpha value is -4.01. The molecule has 2 heterocycles. The zero-order valence-electron chi connectivity index (χ0n) is 25.5. The van der Waals surface area contributed by atoms with Gasteiger partial charge in [0.15, 0.2) is 5.69 Å². The summed E-state index contributed by atoms with van der Waals surface area (Å²) in [5, 5.41) is 3.77. The molecule has 2 aromatic carbocycles. The number of hydrogen-bond donors (Lipinski definition) is 0. The van der Waals surface area contributed by atoms with Gasteiger partial charge in [0.1, 0.15) is 18.2 Å². The molecule has 13 heteroatoms. The first-order valence-corrected chi connectivity index (χ1v) is 16.6. The van der Waals surface area contributed by atoms with Gasteiger partial charge in [-0.05, 0) is 74.1 Å². The molecular weight excluding hydrogens is 732 g/mol. The summed E-state index contributed by atoms with van der Waals surface area (Å²) in [6, 6.07) is 13.2. The normalized spacial score (nSPS) is 13.4. The van der Waals surface area contributed by atoms with Gasteiger partial charge in [0, 0.05) is 58.6 Å². The van der Waals surface area contributed by atoms with Crippen LogP contribution < -0.4 is 0 Å². The molecule has 0 unspecified atom stereocenters. The van der Waals surface area contributed by atoms with Crippen LogP contribution >= 0.6 is 22.6 Å². The predicted octanol–water partition coefficient (Wildman–Crippen LogP) is 7.28. The van der Waals surface area contributed by atoms with E-state index < -0.39 is 36.0 Å². The first-order chi connectivity index (χ1) is 22.5. The molecule has 47 heavy (non-hydrogen) atoms. The molecule has 0 bridgehead atoms. The van der Waals surface area contributed by atoms with Gasteiger partial charge >= 0.3 is 6.18 Å². The quantitative estimate of drug-likeness (QED) is 0.0737. The third-order valence-electron chi connectivity index (χ3n) is 7.89. The Kier molecular flexibility index (Phi) is 10.8. The number of fused-ring (bicyclic) bond motifs is 1. The van der Waals surface area contributed by atoms with Crippen LogP contribution in [0, 0.1) is 11.6 Å². The van der Waals surface area contributed by atoms with Crippen molar-refractivity contribution < 1.29 is 31.5 Å². The van der Waals surface area contributed by atoms with Crippen molar-refractivity contribution in [1.82, 2.24) is 19.7 Å². The second-order valence-electron chi connectivity index (χ2n) is 11.1. The SMILES string of the molecule is CCN(CCI)C(=O)c1cccc(-c2cccnc2C(Cc2cc(F)cc(F)c2)=NC(=O)Cn2nc(C(F)(F)F)c3c2CCCC3)c1. The van der Waals surface area contributed by atoms with Crippen molar-refractivity contribution in [3.05, 3.63) is 106 Å². The van der Waals surface area contributed by atoms with E-state index in [1.165, 1.54) is 6.20 Å². The lowest BCUT2D eigenvalue weighted by Gasteiger charge is -2.20. The molecule has 7 nitrogen and oxygen atoms in total. The van der Waals surface area contributed by atoms with Gasteiger partial charge in [-0.3, -0.25) is 19.3 Å². The summed E-state index contributed by atoms with van der Waals surface area (Å²) in [7, 11) is 0. The van der Waals surface area contributed by atoms with E-state index in [1.807, 2.05) is 6.92 Å². The number of aliphatic imine (C=N–C) groups is 1. The number of rotatable bonds is 10. The van der Waals surface area contributed by atoms with Gasteiger partial charge < -0.3 is 4.90 Å². The second kappa shape index (κ2) is 14.8. The van der Waals surface area contributed by atoms with E-state index in [2.05, 4.69) is 37.7 Å². The highest BCUT2D eigenvalue weighted by molar-refractivity contribution is 14.1. The minimum Gasteiger partial charge on any atom is -0.338 e. The summed E-state index contributed by atoms with van der Waals surface area (Å²) < 4.78 is 71.5. The Bertz CT molecular complexity index is 1800. The van der Waals surface area contributed by atoms with Crippen LogP contribution in [0.4, 0.5) is 22.0 Å². The fraction of sp³-hybridized carbons (Fsp3) is 0.324. The van der Waals surface area contributed by atoms with Crippen molar-refractivity contribution in [3.8, 4) is 11.1 Å². The topological polar surface area (TPSA) is 80.5 Å². The molecule has 0 N–H and O–H groups in total. The van der Waals surface area contributed by atoms with Crippen molar-refractivity contribution in [1.29, 1.82) is 0 Å². The van der Waals surface area contributed by atoms with Gasteiger partial charge in [0.2, 0.25) is 0 Å². The molecule has 4 aromatic rings. The van der Waals surface area contributed by atoms with Crippen molar-refractivity contribution in [2.24, 2.45) is 4.99 Å². The Labute approximate surface area is 282 Å². The van der Waals surface area contributed by atoms with Gasteiger partial charge in [-0.2, -0.15) is 18.3 Å². The van der Waals surface area contributed by atoms with Crippen LogP contribution in [0.1, 0.15) is 58.3 Å². The predicted molar refractivity (Wildman–Crippen MR) is 176 cm³/mol. The molecule has 0 atom stereocenters. The maximum absolute atomic E-state index is 14.2. The van der Waals surface area contributed by atoms with Crippen LogP contribution in [-0.2, 0) is 36.8 Å². The summed E-state index contributed by atoms with van der Waals surface area (Å²) in [4.78, 5) is 37.2. The van der Waals surface area contributed by atoms with Crippen LogP contribution in [-0.4, -0.2) is 54.7 Å². The Morgan fingerprint density at radius 1 is 1.02 bits per heavy atom. The van der Waals surface area contributed by atoms with Gasteiger partial charge in [-0.1, -0.05) is 40.8 Å². The number of hydrogen-bond acceptors (Lipinski definition) is 4. The number of carbonyl (C=O) groups is 2. The van der Waals surface area contributed by atoms with Crippen LogP contribution in [0.15, 0.2) is 65.8 Å². The first-order valence-electron chi connectivity index (χ1n) is 15.1. The monoisotopic (exact) mass is 763 g/mol. The molecule has 246 valence electrons. The van der Waals surface area contributed by atoms with Crippen molar-refractivity contribution in [2.75, 3.05) is 17.5 Å². The maximum Gasteiger partial charge on any atom is 0.435 e. The third-order valence-corrected chi connectivity index (χ3v) is 8.37. The highest BCUT2D eigenvalue weighted by Gasteiger charge is 2.39. The third kappa shape index (κ3) is 8.11. The number of halogens is 6.